The average Bonchev–Trinajstić information content (AvgIpc) is 2.39. The predicted octanol–water partition coefficient (Wildman–Crippen LogP) is 0.616. The van der Waals surface area contributed by atoms with Crippen LogP contribution in [0.5, 0.6) is 0 Å². The first-order valence-electron chi connectivity index (χ1n) is 3.51. The minimum atomic E-state index is 0.135. The van der Waals surface area contributed by atoms with Crippen LogP contribution in [0.4, 0.5) is 0 Å². The molecule has 0 aliphatic rings. The first-order chi connectivity index (χ1) is 5.38. The quantitative estimate of drug-likeness (QED) is 0.663. The number of nitrogens with zero attached hydrogens (tertiary/aromatic N) is 1. The topological polar surface area (TPSA) is 59.8 Å². The predicted molar refractivity (Wildman–Crippen MR) is 40.9 cm³/mol. The molecule has 1 aromatic heterocycles. The van der Waals surface area contributed by atoms with Gasteiger partial charge in [0.25, 0.3) is 0 Å². The van der Waals surface area contributed by atoms with Crippen molar-refractivity contribution in [1.82, 2.24) is 4.98 Å². The normalized spacial score (nSPS) is 9.45. The van der Waals surface area contributed by atoms with Gasteiger partial charge in [0.2, 0.25) is 0 Å². The van der Waals surface area contributed by atoms with E-state index in [1.54, 1.807) is 6.20 Å². The molecule has 0 atom stereocenters. The molecule has 0 amide bonds. The Bertz CT molecular complexity index is 259. The third kappa shape index (κ3) is 1.82. The highest BCUT2D eigenvalue weighted by Crippen LogP contribution is 2.07. The van der Waals surface area contributed by atoms with Crippen molar-refractivity contribution in [3.8, 4) is 6.07 Å². The van der Waals surface area contributed by atoms with Gasteiger partial charge in [-0.3, -0.25) is 0 Å². The minimum absolute atomic E-state index is 0.135. The summed E-state index contributed by atoms with van der Waals surface area (Å²) >= 11 is 0. The fraction of sp³-hybridized carbons (Fsp3) is 0.375. The summed E-state index contributed by atoms with van der Waals surface area (Å²) in [7, 11) is 0. The molecule has 2 N–H and O–H groups in total. The Balaban J connectivity index is 2.71. The standard InChI is InChI=1S/C8H10N2O/c9-4-1-8-7(3-6-11)2-5-10-8/h2,5,10-11H,1,3,6H2. The van der Waals surface area contributed by atoms with E-state index in [9.17, 15) is 0 Å². The van der Waals surface area contributed by atoms with Crippen molar-refractivity contribution < 1.29 is 5.11 Å². The molecule has 1 heterocycles. The lowest BCUT2D eigenvalue weighted by Gasteiger charge is -1.95. The van der Waals surface area contributed by atoms with Crippen LogP contribution in [-0.2, 0) is 12.8 Å². The van der Waals surface area contributed by atoms with E-state index < -0.39 is 0 Å². The van der Waals surface area contributed by atoms with Crippen LogP contribution in [-0.4, -0.2) is 16.7 Å². The maximum absolute atomic E-state index is 8.63. The van der Waals surface area contributed by atoms with Crippen LogP contribution >= 0.6 is 0 Å². The van der Waals surface area contributed by atoms with Crippen molar-refractivity contribution in [2.24, 2.45) is 0 Å². The smallest absolute Gasteiger partial charge is 0.0755 e. The van der Waals surface area contributed by atoms with E-state index in [2.05, 4.69) is 11.1 Å². The van der Waals surface area contributed by atoms with Gasteiger partial charge in [-0.15, -0.1) is 0 Å². The highest BCUT2D eigenvalue weighted by molar-refractivity contribution is 5.23. The summed E-state index contributed by atoms with van der Waals surface area (Å²) in [6.45, 7) is 0.135. The second-order valence-corrected chi connectivity index (χ2v) is 2.29. The van der Waals surface area contributed by atoms with Gasteiger partial charge in [0.05, 0.1) is 12.5 Å². The van der Waals surface area contributed by atoms with Crippen molar-refractivity contribution in [2.75, 3.05) is 6.61 Å². The van der Waals surface area contributed by atoms with Crippen LogP contribution < -0.4 is 0 Å². The average molecular weight is 150 g/mol. The van der Waals surface area contributed by atoms with Gasteiger partial charge in [0.1, 0.15) is 0 Å². The van der Waals surface area contributed by atoms with Gasteiger partial charge < -0.3 is 10.1 Å². The molecule has 0 fully saturated rings. The summed E-state index contributed by atoms with van der Waals surface area (Å²) in [5, 5.41) is 17.0. The SMILES string of the molecule is N#CCc1[nH]ccc1CCO. The lowest BCUT2D eigenvalue weighted by atomic mass is 10.1. The van der Waals surface area contributed by atoms with Crippen molar-refractivity contribution in [3.05, 3.63) is 23.5 Å². The molecule has 3 heteroatoms. The number of H-pyrrole nitrogens is 1. The summed E-state index contributed by atoms with van der Waals surface area (Å²) in [6.07, 6.45) is 2.81. The van der Waals surface area contributed by atoms with E-state index in [-0.39, 0.29) is 6.61 Å². The number of hydrogen-bond acceptors (Lipinski definition) is 2. The Hall–Kier alpha value is -1.27. The molecule has 11 heavy (non-hydrogen) atoms. The maximum Gasteiger partial charge on any atom is 0.0755 e. The number of aliphatic hydroxyl groups is 1. The van der Waals surface area contributed by atoms with E-state index in [1.165, 1.54) is 0 Å². The van der Waals surface area contributed by atoms with Crippen molar-refractivity contribution in [1.29, 1.82) is 5.26 Å². The molecule has 1 aromatic rings. The summed E-state index contributed by atoms with van der Waals surface area (Å²) in [4.78, 5) is 2.96. The van der Waals surface area contributed by atoms with E-state index in [4.69, 9.17) is 10.4 Å². The Morgan fingerprint density at radius 2 is 2.45 bits per heavy atom. The molecular weight excluding hydrogens is 140 g/mol. The molecule has 0 aliphatic carbocycles. The largest absolute Gasteiger partial charge is 0.396 e. The van der Waals surface area contributed by atoms with Gasteiger partial charge in [0, 0.05) is 18.5 Å². The Morgan fingerprint density at radius 3 is 3.09 bits per heavy atom. The number of aromatic nitrogens is 1. The zero-order chi connectivity index (χ0) is 8.10. The van der Waals surface area contributed by atoms with Crippen molar-refractivity contribution in [3.63, 3.8) is 0 Å². The summed E-state index contributed by atoms with van der Waals surface area (Å²) < 4.78 is 0. The fourth-order valence-electron chi connectivity index (χ4n) is 1.03. The van der Waals surface area contributed by atoms with E-state index >= 15 is 0 Å². The van der Waals surface area contributed by atoms with Crippen LogP contribution in [0, 0.1) is 11.3 Å². The molecule has 0 bridgehead atoms. The molecule has 0 radical (unpaired) electrons. The molecule has 3 nitrogen and oxygen atoms in total. The Labute approximate surface area is 65.3 Å². The Kier molecular flexibility index (Phi) is 2.70. The molecule has 0 unspecified atom stereocenters. The monoisotopic (exact) mass is 150 g/mol. The number of nitrogens with one attached hydrogen (secondary N) is 1. The number of hydrogen-bond donors (Lipinski definition) is 2. The van der Waals surface area contributed by atoms with Crippen LogP contribution in [0.15, 0.2) is 12.3 Å². The van der Waals surface area contributed by atoms with Crippen LogP contribution in [0.1, 0.15) is 11.3 Å². The lowest BCUT2D eigenvalue weighted by Crippen LogP contribution is -1.93. The molecule has 58 valence electrons. The van der Waals surface area contributed by atoms with Gasteiger partial charge in [-0.25, -0.2) is 0 Å². The Morgan fingerprint density at radius 1 is 1.64 bits per heavy atom. The second-order valence-electron chi connectivity index (χ2n) is 2.29. The van der Waals surface area contributed by atoms with Crippen molar-refractivity contribution in [2.45, 2.75) is 12.8 Å². The molecule has 0 saturated carbocycles. The molecule has 0 aromatic carbocycles. The zero-order valence-electron chi connectivity index (χ0n) is 6.17. The van der Waals surface area contributed by atoms with E-state index in [0.717, 1.165) is 11.3 Å². The summed E-state index contributed by atoms with van der Waals surface area (Å²) in [5.41, 5.74) is 1.95. The number of aromatic amines is 1. The van der Waals surface area contributed by atoms with E-state index in [0.29, 0.717) is 12.8 Å². The molecule has 0 saturated heterocycles. The third-order valence-electron chi connectivity index (χ3n) is 1.57. The summed E-state index contributed by atoms with van der Waals surface area (Å²) in [5.74, 6) is 0. The first kappa shape index (κ1) is 7.83. The first-order valence-corrected chi connectivity index (χ1v) is 3.51. The summed E-state index contributed by atoms with van der Waals surface area (Å²) in [6, 6.07) is 3.95. The van der Waals surface area contributed by atoms with Gasteiger partial charge in [-0.2, -0.15) is 5.26 Å². The van der Waals surface area contributed by atoms with Gasteiger partial charge in [-0.1, -0.05) is 0 Å². The maximum atomic E-state index is 8.63. The lowest BCUT2D eigenvalue weighted by molar-refractivity contribution is 0.299. The zero-order valence-corrected chi connectivity index (χ0v) is 6.17. The van der Waals surface area contributed by atoms with Crippen LogP contribution in [0.3, 0.4) is 0 Å². The number of nitriles is 1. The molecule has 0 aliphatic heterocycles. The fourth-order valence-corrected chi connectivity index (χ4v) is 1.03. The van der Waals surface area contributed by atoms with Gasteiger partial charge in [-0.05, 0) is 18.1 Å². The third-order valence-corrected chi connectivity index (χ3v) is 1.57. The van der Waals surface area contributed by atoms with Crippen molar-refractivity contribution >= 4 is 0 Å². The van der Waals surface area contributed by atoms with Crippen LogP contribution in [0.25, 0.3) is 0 Å². The van der Waals surface area contributed by atoms with E-state index in [1.807, 2.05) is 6.07 Å². The highest BCUT2D eigenvalue weighted by atomic mass is 16.2. The van der Waals surface area contributed by atoms with Crippen LogP contribution in [0.2, 0.25) is 0 Å². The molecule has 0 spiro atoms. The highest BCUT2D eigenvalue weighted by Gasteiger charge is 2.00. The number of rotatable bonds is 3. The minimum Gasteiger partial charge on any atom is -0.396 e. The van der Waals surface area contributed by atoms with Gasteiger partial charge in [0.15, 0.2) is 0 Å². The second kappa shape index (κ2) is 3.79. The molecular formula is C8H10N2O. The number of aliphatic hydroxyl groups excluding tert-OH is 1. The van der Waals surface area contributed by atoms with Gasteiger partial charge >= 0.3 is 0 Å². The molecule has 1 rings (SSSR count).